The van der Waals surface area contributed by atoms with Crippen molar-refractivity contribution < 1.29 is 4.74 Å². The first kappa shape index (κ1) is 11.2. The van der Waals surface area contributed by atoms with Gasteiger partial charge in [-0.2, -0.15) is 0 Å². The monoisotopic (exact) mass is 236 g/mol. The summed E-state index contributed by atoms with van der Waals surface area (Å²) < 4.78 is 7.96. The minimum absolute atomic E-state index is 0.394. The number of hydrogen-bond acceptors (Lipinski definition) is 4. The lowest BCUT2D eigenvalue weighted by atomic mass is 10.2. The van der Waals surface area contributed by atoms with Gasteiger partial charge in [-0.05, 0) is 6.42 Å². The highest BCUT2D eigenvalue weighted by atomic mass is 16.5. The molecule has 0 aromatic carbocycles. The van der Waals surface area contributed by atoms with E-state index in [9.17, 15) is 0 Å². The van der Waals surface area contributed by atoms with Crippen molar-refractivity contribution in [1.29, 1.82) is 0 Å². The van der Waals surface area contributed by atoms with Crippen LogP contribution < -0.4 is 5.32 Å². The Kier molecular flexibility index (Phi) is 3.40. The van der Waals surface area contributed by atoms with E-state index in [2.05, 4.69) is 26.0 Å². The molecule has 5 heteroatoms. The summed E-state index contributed by atoms with van der Waals surface area (Å²) >= 11 is 0. The first-order valence-corrected chi connectivity index (χ1v) is 6.46. The topological polar surface area (TPSA) is 42.3 Å². The molecule has 3 rings (SSSR count). The Bertz CT molecular complexity index is 359. The lowest BCUT2D eigenvalue weighted by Crippen LogP contribution is -2.41. The maximum atomic E-state index is 5.71. The number of fused-ring (bicyclic) bond motifs is 1. The summed E-state index contributed by atoms with van der Waals surface area (Å²) in [6.07, 6.45) is 5.48. The Labute approximate surface area is 102 Å². The van der Waals surface area contributed by atoms with E-state index in [1.54, 1.807) is 0 Å². The van der Waals surface area contributed by atoms with Gasteiger partial charge in [0.15, 0.2) is 0 Å². The second kappa shape index (κ2) is 5.16. The average molecular weight is 236 g/mol. The highest BCUT2D eigenvalue weighted by molar-refractivity contribution is 4.95. The van der Waals surface area contributed by atoms with Gasteiger partial charge in [-0.25, -0.2) is 4.98 Å². The molecule has 0 saturated carbocycles. The van der Waals surface area contributed by atoms with E-state index < -0.39 is 0 Å². The third-order valence-electron chi connectivity index (χ3n) is 3.60. The highest BCUT2D eigenvalue weighted by Crippen LogP contribution is 2.12. The molecule has 2 aliphatic heterocycles. The van der Waals surface area contributed by atoms with Crippen LogP contribution in [0, 0.1) is 0 Å². The highest BCUT2D eigenvalue weighted by Gasteiger charge is 2.19. The van der Waals surface area contributed by atoms with E-state index in [0.29, 0.717) is 6.10 Å². The van der Waals surface area contributed by atoms with Crippen molar-refractivity contribution in [2.45, 2.75) is 25.6 Å². The van der Waals surface area contributed by atoms with Gasteiger partial charge in [-0.3, -0.25) is 4.90 Å². The number of nitrogens with zero attached hydrogens (tertiary/aromatic N) is 3. The van der Waals surface area contributed by atoms with Crippen molar-refractivity contribution >= 4 is 0 Å². The van der Waals surface area contributed by atoms with Crippen molar-refractivity contribution in [2.24, 2.45) is 0 Å². The third-order valence-corrected chi connectivity index (χ3v) is 3.60. The zero-order valence-electron chi connectivity index (χ0n) is 10.1. The Morgan fingerprint density at radius 1 is 1.47 bits per heavy atom. The van der Waals surface area contributed by atoms with E-state index in [1.165, 1.54) is 5.82 Å². The van der Waals surface area contributed by atoms with Crippen LogP contribution in [0.1, 0.15) is 12.2 Å². The summed E-state index contributed by atoms with van der Waals surface area (Å²) in [5, 5.41) is 3.37. The van der Waals surface area contributed by atoms with Crippen LogP contribution >= 0.6 is 0 Å². The number of morpholine rings is 1. The third kappa shape index (κ3) is 2.68. The van der Waals surface area contributed by atoms with Gasteiger partial charge < -0.3 is 14.6 Å². The van der Waals surface area contributed by atoms with E-state index in [1.807, 2.05) is 6.20 Å². The van der Waals surface area contributed by atoms with Crippen LogP contribution in [0.5, 0.6) is 0 Å². The van der Waals surface area contributed by atoms with Gasteiger partial charge in [0.05, 0.1) is 19.3 Å². The lowest BCUT2D eigenvalue weighted by Gasteiger charge is -2.30. The van der Waals surface area contributed by atoms with Crippen LogP contribution in [0.4, 0.5) is 0 Å². The first-order chi connectivity index (χ1) is 8.42. The molecule has 1 N–H and O–H groups in total. The molecule has 1 atom stereocenters. The summed E-state index contributed by atoms with van der Waals surface area (Å²) in [5.41, 5.74) is 0. The van der Waals surface area contributed by atoms with Crippen LogP contribution in [0.3, 0.4) is 0 Å². The number of ether oxygens (including phenoxy) is 1. The van der Waals surface area contributed by atoms with E-state index in [0.717, 1.165) is 52.3 Å². The Balaban J connectivity index is 1.47. The van der Waals surface area contributed by atoms with E-state index in [4.69, 9.17) is 4.74 Å². The number of nitrogens with one attached hydrogen (secondary N) is 1. The molecule has 0 radical (unpaired) electrons. The molecule has 1 aromatic rings. The van der Waals surface area contributed by atoms with Gasteiger partial charge >= 0.3 is 0 Å². The van der Waals surface area contributed by atoms with E-state index >= 15 is 0 Å². The molecular weight excluding hydrogens is 216 g/mol. The number of aromatic nitrogens is 2. The standard InChI is InChI=1S/C12H20N4O/c1(11-9-13-3-8-17-11)4-15-6-7-16-5-2-14-12(16)10-15/h2,5,11,13H,1,3-4,6-10H2. The maximum absolute atomic E-state index is 5.71. The van der Waals surface area contributed by atoms with Gasteiger partial charge in [-0.1, -0.05) is 0 Å². The molecule has 5 nitrogen and oxygen atoms in total. The number of rotatable bonds is 3. The molecule has 3 heterocycles. The van der Waals surface area contributed by atoms with Crippen LogP contribution in [0.25, 0.3) is 0 Å². The summed E-state index contributed by atoms with van der Waals surface area (Å²) in [6.45, 7) is 7.14. The lowest BCUT2D eigenvalue weighted by molar-refractivity contribution is 0.0156. The first-order valence-electron chi connectivity index (χ1n) is 6.46. The van der Waals surface area contributed by atoms with Crippen molar-refractivity contribution in [1.82, 2.24) is 19.8 Å². The number of imidazole rings is 1. The molecule has 2 aliphatic rings. The van der Waals surface area contributed by atoms with Crippen LogP contribution in [-0.4, -0.2) is 53.3 Å². The van der Waals surface area contributed by atoms with Gasteiger partial charge in [-0.15, -0.1) is 0 Å². The van der Waals surface area contributed by atoms with E-state index in [-0.39, 0.29) is 0 Å². The van der Waals surface area contributed by atoms with Gasteiger partial charge in [0.2, 0.25) is 0 Å². The average Bonchev–Trinajstić information content (AvgIpc) is 2.85. The zero-order valence-corrected chi connectivity index (χ0v) is 10.1. The fourth-order valence-electron chi connectivity index (χ4n) is 2.55. The fraction of sp³-hybridized carbons (Fsp3) is 0.750. The molecule has 0 bridgehead atoms. The Morgan fingerprint density at radius 3 is 3.35 bits per heavy atom. The Morgan fingerprint density at radius 2 is 2.47 bits per heavy atom. The zero-order chi connectivity index (χ0) is 11.5. The SMILES string of the molecule is c1cn2c(n1)CN(CCC1CNCCO1)CC2. The molecule has 94 valence electrons. The Hall–Kier alpha value is -0.910. The van der Waals surface area contributed by atoms with Crippen LogP contribution in [-0.2, 0) is 17.8 Å². The summed E-state index contributed by atoms with van der Waals surface area (Å²) in [6, 6.07) is 0. The van der Waals surface area contributed by atoms with Crippen LogP contribution in [0.2, 0.25) is 0 Å². The fourth-order valence-corrected chi connectivity index (χ4v) is 2.55. The minimum Gasteiger partial charge on any atom is -0.376 e. The second-order valence-electron chi connectivity index (χ2n) is 4.80. The van der Waals surface area contributed by atoms with Crippen molar-refractivity contribution in [2.75, 3.05) is 32.8 Å². The van der Waals surface area contributed by atoms with Gasteiger partial charge in [0.25, 0.3) is 0 Å². The predicted molar refractivity (Wildman–Crippen MR) is 64.7 cm³/mol. The maximum Gasteiger partial charge on any atom is 0.122 e. The molecule has 0 spiro atoms. The second-order valence-corrected chi connectivity index (χ2v) is 4.80. The summed E-state index contributed by atoms with van der Waals surface area (Å²) in [7, 11) is 0. The normalized spacial score (nSPS) is 25.8. The van der Waals surface area contributed by atoms with Crippen molar-refractivity contribution in [3.05, 3.63) is 18.2 Å². The van der Waals surface area contributed by atoms with Crippen LogP contribution in [0.15, 0.2) is 12.4 Å². The molecule has 1 saturated heterocycles. The molecule has 1 unspecified atom stereocenters. The molecule has 0 amide bonds. The molecule has 1 aromatic heterocycles. The summed E-state index contributed by atoms with van der Waals surface area (Å²) in [5.74, 6) is 1.19. The quantitative estimate of drug-likeness (QED) is 0.807. The smallest absolute Gasteiger partial charge is 0.122 e. The molecule has 0 aliphatic carbocycles. The molecule has 1 fully saturated rings. The van der Waals surface area contributed by atoms with Gasteiger partial charge in [0, 0.05) is 45.1 Å². The van der Waals surface area contributed by atoms with Crippen molar-refractivity contribution in [3.8, 4) is 0 Å². The van der Waals surface area contributed by atoms with Gasteiger partial charge in [0.1, 0.15) is 5.82 Å². The molecule has 17 heavy (non-hydrogen) atoms. The minimum atomic E-state index is 0.394. The van der Waals surface area contributed by atoms with Crippen molar-refractivity contribution in [3.63, 3.8) is 0 Å². The predicted octanol–water partition coefficient (Wildman–Crippen LogP) is 0.0772. The largest absolute Gasteiger partial charge is 0.376 e. The summed E-state index contributed by atoms with van der Waals surface area (Å²) in [4.78, 5) is 6.85. The molecular formula is C12H20N4O. The number of hydrogen-bond donors (Lipinski definition) is 1.